The third kappa shape index (κ3) is 2.60. The van der Waals surface area contributed by atoms with Crippen LogP contribution in [0.4, 0.5) is 4.39 Å². The van der Waals surface area contributed by atoms with Gasteiger partial charge in [-0.15, -0.1) is 0 Å². The molecule has 0 spiro atoms. The van der Waals surface area contributed by atoms with Gasteiger partial charge >= 0.3 is 0 Å². The molecular weight excluding hydrogens is 190 g/mol. The van der Waals surface area contributed by atoms with Gasteiger partial charge in [-0.25, -0.2) is 9.97 Å². The Kier molecular flexibility index (Phi) is 3.02. The third-order valence-corrected chi connectivity index (χ3v) is 1.42. The van der Waals surface area contributed by atoms with Gasteiger partial charge in [0.05, 0.1) is 6.67 Å². The first-order valence-corrected chi connectivity index (χ1v) is 3.73. The molecule has 0 saturated carbocycles. The van der Waals surface area contributed by atoms with Crippen molar-refractivity contribution in [1.29, 1.82) is 0 Å². The van der Waals surface area contributed by atoms with E-state index in [2.05, 4.69) is 9.97 Å². The van der Waals surface area contributed by atoms with Gasteiger partial charge in [0.15, 0.2) is 0 Å². The number of hydrogen-bond donors (Lipinski definition) is 0. The summed E-state index contributed by atoms with van der Waals surface area (Å²) in [6.45, 7) is -0.503. The van der Waals surface area contributed by atoms with Crippen molar-refractivity contribution in [3.63, 3.8) is 0 Å². The minimum Gasteiger partial charge on any atom is -0.251 e. The monoisotopic (exact) mass is 194 g/mol. The molecule has 5 heteroatoms. The summed E-state index contributed by atoms with van der Waals surface area (Å²) in [7, 11) is 0. The molecular formula is C6H5Cl2FN2. The summed E-state index contributed by atoms with van der Waals surface area (Å²) >= 11 is 11.1. The quantitative estimate of drug-likeness (QED) is 0.676. The minimum atomic E-state index is -0.503. The normalized spacial score (nSPS) is 10.1. The van der Waals surface area contributed by atoms with E-state index in [4.69, 9.17) is 23.2 Å². The molecule has 1 aromatic rings. The zero-order chi connectivity index (χ0) is 8.27. The molecule has 1 rings (SSSR count). The summed E-state index contributed by atoms with van der Waals surface area (Å²) in [6.07, 6.45) is 0.153. The second-order valence-electron chi connectivity index (χ2n) is 1.87. The van der Waals surface area contributed by atoms with Crippen LogP contribution in [0.2, 0.25) is 10.3 Å². The summed E-state index contributed by atoms with van der Waals surface area (Å²) in [5, 5.41) is 0.488. The smallest absolute Gasteiger partial charge is 0.134 e. The number of halogens is 3. The van der Waals surface area contributed by atoms with Gasteiger partial charge in [0.1, 0.15) is 16.1 Å². The standard InChI is InChI=1S/C6H5Cl2FN2/c7-4-3-5(8)11-6(10-4)1-2-9/h3H,1-2H2. The van der Waals surface area contributed by atoms with Gasteiger partial charge < -0.3 is 0 Å². The van der Waals surface area contributed by atoms with Crippen LogP contribution < -0.4 is 0 Å². The number of nitrogens with zero attached hydrogens (tertiary/aromatic N) is 2. The Labute approximate surface area is 73.4 Å². The van der Waals surface area contributed by atoms with E-state index < -0.39 is 6.67 Å². The second kappa shape index (κ2) is 3.83. The first kappa shape index (κ1) is 8.68. The maximum Gasteiger partial charge on any atom is 0.134 e. The number of aromatic nitrogens is 2. The Bertz CT molecular complexity index is 234. The lowest BCUT2D eigenvalue weighted by atomic mass is 10.4. The molecule has 0 fully saturated rings. The second-order valence-corrected chi connectivity index (χ2v) is 2.64. The predicted molar refractivity (Wildman–Crippen MR) is 41.7 cm³/mol. The fraction of sp³-hybridized carbons (Fsp3) is 0.333. The maximum absolute atomic E-state index is 11.8. The molecule has 0 aliphatic rings. The van der Waals surface area contributed by atoms with Gasteiger partial charge in [-0.3, -0.25) is 4.39 Å². The lowest BCUT2D eigenvalue weighted by Crippen LogP contribution is -1.96. The van der Waals surface area contributed by atoms with E-state index in [9.17, 15) is 4.39 Å². The zero-order valence-electron chi connectivity index (χ0n) is 5.52. The average Bonchev–Trinajstić information content (AvgIpc) is 1.85. The van der Waals surface area contributed by atoms with Crippen LogP contribution in [0, 0.1) is 0 Å². The SMILES string of the molecule is FCCc1nc(Cl)cc(Cl)n1. The van der Waals surface area contributed by atoms with Crippen molar-refractivity contribution in [1.82, 2.24) is 9.97 Å². The van der Waals surface area contributed by atoms with Crippen LogP contribution in [0.3, 0.4) is 0 Å². The molecule has 0 amide bonds. The highest BCUT2D eigenvalue weighted by Gasteiger charge is 2.00. The van der Waals surface area contributed by atoms with E-state index in [1.807, 2.05) is 0 Å². The molecule has 0 unspecified atom stereocenters. The largest absolute Gasteiger partial charge is 0.251 e. The third-order valence-electron chi connectivity index (χ3n) is 1.03. The Morgan fingerprint density at radius 2 is 1.82 bits per heavy atom. The van der Waals surface area contributed by atoms with Gasteiger partial charge in [-0.1, -0.05) is 23.2 Å². The molecule has 0 radical (unpaired) electrons. The lowest BCUT2D eigenvalue weighted by molar-refractivity contribution is 0.487. The van der Waals surface area contributed by atoms with Crippen LogP contribution in [0.1, 0.15) is 5.82 Å². The fourth-order valence-electron chi connectivity index (χ4n) is 0.631. The number of rotatable bonds is 2. The first-order valence-electron chi connectivity index (χ1n) is 2.97. The highest BCUT2D eigenvalue weighted by Crippen LogP contribution is 2.11. The average molecular weight is 195 g/mol. The number of aryl methyl sites for hydroxylation is 1. The van der Waals surface area contributed by atoms with Crippen molar-refractivity contribution in [3.8, 4) is 0 Å². The van der Waals surface area contributed by atoms with Crippen LogP contribution in [0.5, 0.6) is 0 Å². The Morgan fingerprint density at radius 3 is 2.27 bits per heavy atom. The summed E-state index contributed by atoms with van der Waals surface area (Å²) in [6, 6.07) is 1.41. The molecule has 60 valence electrons. The van der Waals surface area contributed by atoms with Gasteiger partial charge in [-0.05, 0) is 0 Å². The molecule has 0 aliphatic heterocycles. The molecule has 0 bridgehead atoms. The molecule has 1 aromatic heterocycles. The van der Waals surface area contributed by atoms with E-state index >= 15 is 0 Å². The van der Waals surface area contributed by atoms with Crippen LogP contribution in [0.25, 0.3) is 0 Å². The molecule has 0 saturated heterocycles. The highest BCUT2D eigenvalue weighted by molar-refractivity contribution is 6.33. The summed E-state index contributed by atoms with van der Waals surface area (Å²) in [5.41, 5.74) is 0. The van der Waals surface area contributed by atoms with Gasteiger partial charge in [0.25, 0.3) is 0 Å². The van der Waals surface area contributed by atoms with Crippen molar-refractivity contribution in [2.75, 3.05) is 6.67 Å². The van der Waals surface area contributed by atoms with Crippen molar-refractivity contribution < 1.29 is 4.39 Å². The van der Waals surface area contributed by atoms with E-state index in [1.54, 1.807) is 0 Å². The molecule has 2 nitrogen and oxygen atoms in total. The van der Waals surface area contributed by atoms with E-state index in [0.717, 1.165) is 0 Å². The Morgan fingerprint density at radius 1 is 1.27 bits per heavy atom. The van der Waals surface area contributed by atoms with E-state index in [1.165, 1.54) is 6.07 Å². The minimum absolute atomic E-state index is 0.153. The van der Waals surface area contributed by atoms with Crippen molar-refractivity contribution >= 4 is 23.2 Å². The topological polar surface area (TPSA) is 25.8 Å². The Balaban J connectivity index is 2.89. The highest BCUT2D eigenvalue weighted by atomic mass is 35.5. The summed E-state index contributed by atoms with van der Waals surface area (Å²) < 4.78 is 11.8. The molecule has 1 heterocycles. The van der Waals surface area contributed by atoms with Gasteiger partial charge in [-0.2, -0.15) is 0 Å². The van der Waals surface area contributed by atoms with Crippen LogP contribution in [0.15, 0.2) is 6.07 Å². The van der Waals surface area contributed by atoms with Crippen molar-refractivity contribution in [2.24, 2.45) is 0 Å². The molecule has 0 aliphatic carbocycles. The van der Waals surface area contributed by atoms with Crippen LogP contribution in [-0.4, -0.2) is 16.6 Å². The number of hydrogen-bond acceptors (Lipinski definition) is 2. The maximum atomic E-state index is 11.8. The van der Waals surface area contributed by atoms with E-state index in [0.29, 0.717) is 5.82 Å². The molecule has 0 atom stereocenters. The lowest BCUT2D eigenvalue weighted by Gasteiger charge is -1.96. The molecule has 11 heavy (non-hydrogen) atoms. The van der Waals surface area contributed by atoms with Gasteiger partial charge in [0, 0.05) is 12.5 Å². The van der Waals surface area contributed by atoms with Crippen LogP contribution in [-0.2, 0) is 6.42 Å². The molecule has 0 aromatic carbocycles. The van der Waals surface area contributed by atoms with Crippen molar-refractivity contribution in [2.45, 2.75) is 6.42 Å². The van der Waals surface area contributed by atoms with Gasteiger partial charge in [0.2, 0.25) is 0 Å². The van der Waals surface area contributed by atoms with Crippen LogP contribution >= 0.6 is 23.2 Å². The van der Waals surface area contributed by atoms with E-state index in [-0.39, 0.29) is 16.7 Å². The predicted octanol–water partition coefficient (Wildman–Crippen LogP) is 2.30. The molecule has 0 N–H and O–H groups in total. The Hall–Kier alpha value is -0.410. The number of alkyl halides is 1. The zero-order valence-corrected chi connectivity index (χ0v) is 7.03. The summed E-state index contributed by atoms with van der Waals surface area (Å²) in [5.74, 6) is 0.338. The van der Waals surface area contributed by atoms with Crippen molar-refractivity contribution in [3.05, 3.63) is 22.2 Å². The summed E-state index contributed by atoms with van der Waals surface area (Å²) in [4.78, 5) is 7.51. The fourth-order valence-corrected chi connectivity index (χ4v) is 1.09. The first-order chi connectivity index (χ1) is 5.22.